The zero-order chi connectivity index (χ0) is 24.8. The number of amides is 2. The fraction of sp³-hybridized carbons (Fsp3) is 0.185. The molecule has 180 valence electrons. The largest absolute Gasteiger partial charge is 0.497 e. The smallest absolute Gasteiger partial charge is 0.338 e. The molecule has 0 aromatic heterocycles. The minimum absolute atomic E-state index is 0.0751. The SMILES string of the molecule is CCOC(=O)C1=C(c2ccc(OC)cc2)NC(=O)NC1c1ccc(OCc2ccccc2F)cc1. The van der Waals surface area contributed by atoms with Gasteiger partial charge >= 0.3 is 12.0 Å². The number of carbonyl (C=O) groups is 2. The summed E-state index contributed by atoms with van der Waals surface area (Å²) in [5.41, 5.74) is 2.38. The molecule has 3 aromatic rings. The van der Waals surface area contributed by atoms with Gasteiger partial charge in [0.2, 0.25) is 0 Å². The van der Waals surface area contributed by atoms with Gasteiger partial charge in [-0.1, -0.05) is 30.3 Å². The van der Waals surface area contributed by atoms with Gasteiger partial charge in [-0.05, 0) is 60.5 Å². The van der Waals surface area contributed by atoms with Gasteiger partial charge in [-0.25, -0.2) is 14.0 Å². The van der Waals surface area contributed by atoms with Gasteiger partial charge in [-0.3, -0.25) is 0 Å². The summed E-state index contributed by atoms with van der Waals surface area (Å²) in [6.07, 6.45) is 0. The average molecular weight is 477 g/mol. The Kier molecular flexibility index (Phi) is 7.30. The van der Waals surface area contributed by atoms with Gasteiger partial charge in [0.05, 0.1) is 31.0 Å². The van der Waals surface area contributed by atoms with E-state index in [0.29, 0.717) is 33.9 Å². The summed E-state index contributed by atoms with van der Waals surface area (Å²) in [4.78, 5) is 25.5. The Morgan fingerprint density at radius 3 is 2.31 bits per heavy atom. The molecule has 0 radical (unpaired) electrons. The summed E-state index contributed by atoms with van der Waals surface area (Å²) in [6, 6.07) is 19.1. The van der Waals surface area contributed by atoms with Crippen LogP contribution in [0.25, 0.3) is 5.70 Å². The third kappa shape index (κ3) is 5.43. The molecule has 0 spiro atoms. The van der Waals surface area contributed by atoms with E-state index < -0.39 is 18.0 Å². The van der Waals surface area contributed by atoms with E-state index in [1.807, 2.05) is 0 Å². The first kappa shape index (κ1) is 23.8. The maximum absolute atomic E-state index is 13.9. The van der Waals surface area contributed by atoms with Crippen molar-refractivity contribution in [3.05, 3.63) is 101 Å². The zero-order valence-electron chi connectivity index (χ0n) is 19.3. The predicted octanol–water partition coefficient (Wildman–Crippen LogP) is 4.74. The number of methoxy groups -OCH3 is 1. The number of esters is 1. The highest BCUT2D eigenvalue weighted by atomic mass is 19.1. The number of hydrogen-bond donors (Lipinski definition) is 2. The van der Waals surface area contributed by atoms with Crippen molar-refractivity contribution in [3.8, 4) is 11.5 Å². The molecule has 0 fully saturated rings. The lowest BCUT2D eigenvalue weighted by Gasteiger charge is -2.29. The molecule has 1 atom stereocenters. The number of halogens is 1. The highest BCUT2D eigenvalue weighted by Crippen LogP contribution is 2.33. The highest BCUT2D eigenvalue weighted by molar-refractivity contribution is 6.04. The van der Waals surface area contributed by atoms with Crippen molar-refractivity contribution >= 4 is 17.7 Å². The van der Waals surface area contributed by atoms with Crippen molar-refractivity contribution in [2.24, 2.45) is 0 Å². The number of nitrogens with one attached hydrogen (secondary N) is 2. The summed E-state index contributed by atoms with van der Waals surface area (Å²) in [5, 5.41) is 5.55. The Hall–Kier alpha value is -4.33. The molecule has 35 heavy (non-hydrogen) atoms. The van der Waals surface area contributed by atoms with E-state index in [1.165, 1.54) is 6.07 Å². The minimum atomic E-state index is -0.750. The van der Waals surface area contributed by atoms with Crippen LogP contribution >= 0.6 is 0 Å². The minimum Gasteiger partial charge on any atom is -0.497 e. The van der Waals surface area contributed by atoms with Gasteiger partial charge < -0.3 is 24.8 Å². The van der Waals surface area contributed by atoms with Gasteiger partial charge in [0.25, 0.3) is 0 Å². The molecule has 0 bridgehead atoms. The molecular formula is C27H25FN2O5. The highest BCUT2D eigenvalue weighted by Gasteiger charge is 2.34. The Balaban J connectivity index is 1.64. The molecule has 4 rings (SSSR count). The van der Waals surface area contributed by atoms with Crippen LogP contribution in [0.2, 0.25) is 0 Å². The van der Waals surface area contributed by atoms with Crippen LogP contribution in [0.1, 0.15) is 29.7 Å². The van der Waals surface area contributed by atoms with E-state index in [9.17, 15) is 14.0 Å². The molecule has 8 heteroatoms. The predicted molar refractivity (Wildman–Crippen MR) is 128 cm³/mol. The van der Waals surface area contributed by atoms with E-state index in [0.717, 1.165) is 0 Å². The maximum atomic E-state index is 13.9. The summed E-state index contributed by atoms with van der Waals surface area (Å²) < 4.78 is 30.1. The topological polar surface area (TPSA) is 85.9 Å². The standard InChI is InChI=1S/C27H25FN2O5/c1-3-34-26(31)23-24(17-8-12-20(33-2)13-9-17)29-27(32)30-25(23)18-10-14-21(15-11-18)35-16-19-6-4-5-7-22(19)28/h4-15,25H,3,16H2,1-2H3,(H2,29,30,32). The van der Waals surface area contributed by atoms with Crippen molar-refractivity contribution < 1.29 is 28.2 Å². The number of urea groups is 1. The van der Waals surface area contributed by atoms with Crippen LogP contribution in [-0.4, -0.2) is 25.7 Å². The van der Waals surface area contributed by atoms with E-state index in [2.05, 4.69) is 10.6 Å². The van der Waals surface area contributed by atoms with E-state index in [1.54, 1.807) is 80.8 Å². The first-order valence-electron chi connectivity index (χ1n) is 11.1. The second-order valence-electron chi connectivity index (χ2n) is 7.72. The number of carbonyl (C=O) groups excluding carboxylic acids is 2. The third-order valence-corrected chi connectivity index (χ3v) is 5.51. The molecular weight excluding hydrogens is 451 g/mol. The summed E-state index contributed by atoms with van der Waals surface area (Å²) >= 11 is 0. The average Bonchev–Trinajstić information content (AvgIpc) is 2.88. The van der Waals surface area contributed by atoms with Crippen LogP contribution < -0.4 is 20.1 Å². The molecule has 0 aliphatic carbocycles. The molecule has 1 unspecified atom stereocenters. The van der Waals surface area contributed by atoms with Crippen LogP contribution in [0.15, 0.2) is 78.4 Å². The fourth-order valence-electron chi connectivity index (χ4n) is 3.76. The van der Waals surface area contributed by atoms with E-state index in [-0.39, 0.29) is 24.6 Å². The lowest BCUT2D eigenvalue weighted by molar-refractivity contribution is -0.138. The van der Waals surface area contributed by atoms with Crippen LogP contribution in [0.3, 0.4) is 0 Å². The van der Waals surface area contributed by atoms with Gasteiger partial charge in [0, 0.05) is 5.56 Å². The molecule has 1 aliphatic rings. The number of ether oxygens (including phenoxy) is 3. The summed E-state index contributed by atoms with van der Waals surface area (Å²) in [7, 11) is 1.56. The Morgan fingerprint density at radius 2 is 1.66 bits per heavy atom. The van der Waals surface area contributed by atoms with Crippen LogP contribution in [0.5, 0.6) is 11.5 Å². The Labute approximate surface area is 202 Å². The van der Waals surface area contributed by atoms with Gasteiger partial charge in [0.1, 0.15) is 23.9 Å². The molecule has 1 aliphatic heterocycles. The molecule has 0 saturated carbocycles. The number of benzene rings is 3. The number of rotatable bonds is 8. The van der Waals surface area contributed by atoms with Gasteiger partial charge in [0.15, 0.2) is 0 Å². The van der Waals surface area contributed by atoms with Crippen molar-refractivity contribution in [1.82, 2.24) is 10.6 Å². The lowest BCUT2D eigenvalue weighted by Crippen LogP contribution is -2.45. The quantitative estimate of drug-likeness (QED) is 0.459. The number of hydrogen-bond acceptors (Lipinski definition) is 5. The van der Waals surface area contributed by atoms with E-state index in [4.69, 9.17) is 14.2 Å². The lowest BCUT2D eigenvalue weighted by atomic mass is 9.92. The molecule has 1 heterocycles. The zero-order valence-corrected chi connectivity index (χ0v) is 19.3. The molecule has 3 aromatic carbocycles. The third-order valence-electron chi connectivity index (χ3n) is 5.51. The van der Waals surface area contributed by atoms with Gasteiger partial charge in [-0.2, -0.15) is 0 Å². The van der Waals surface area contributed by atoms with Crippen molar-refractivity contribution in [2.75, 3.05) is 13.7 Å². The Morgan fingerprint density at radius 1 is 0.971 bits per heavy atom. The first-order chi connectivity index (χ1) is 17.0. The normalized spacial score (nSPS) is 15.2. The Bertz CT molecular complexity index is 1240. The maximum Gasteiger partial charge on any atom is 0.338 e. The van der Waals surface area contributed by atoms with Crippen molar-refractivity contribution in [2.45, 2.75) is 19.6 Å². The summed E-state index contributed by atoms with van der Waals surface area (Å²) in [6.45, 7) is 1.98. The van der Waals surface area contributed by atoms with Crippen LogP contribution in [0.4, 0.5) is 9.18 Å². The monoisotopic (exact) mass is 476 g/mol. The second kappa shape index (κ2) is 10.7. The molecule has 0 saturated heterocycles. The molecule has 2 amide bonds. The molecule has 2 N–H and O–H groups in total. The molecule has 7 nitrogen and oxygen atoms in total. The second-order valence-corrected chi connectivity index (χ2v) is 7.72. The fourth-order valence-corrected chi connectivity index (χ4v) is 3.76. The van der Waals surface area contributed by atoms with Crippen molar-refractivity contribution in [1.29, 1.82) is 0 Å². The first-order valence-corrected chi connectivity index (χ1v) is 11.1. The van der Waals surface area contributed by atoms with E-state index >= 15 is 0 Å². The van der Waals surface area contributed by atoms with Gasteiger partial charge in [-0.15, -0.1) is 0 Å². The van der Waals surface area contributed by atoms with Crippen LogP contribution in [0, 0.1) is 5.82 Å². The van der Waals surface area contributed by atoms with Crippen LogP contribution in [-0.2, 0) is 16.1 Å². The summed E-state index contributed by atoms with van der Waals surface area (Å²) in [5.74, 6) is 0.289. The van der Waals surface area contributed by atoms with Crippen molar-refractivity contribution in [3.63, 3.8) is 0 Å².